The maximum absolute atomic E-state index is 11.4. The molecule has 0 unspecified atom stereocenters. The number of nitrogens with one attached hydrogen (secondary N) is 1. The molecule has 3 N–H and O–H groups in total. The predicted octanol–water partition coefficient (Wildman–Crippen LogP) is 2.04. The topological polar surface area (TPSA) is 85.1 Å². The Bertz CT molecular complexity index is 667. The molecule has 0 bridgehead atoms. The first kappa shape index (κ1) is 13.5. The van der Waals surface area contributed by atoms with Crippen molar-refractivity contribution in [1.82, 2.24) is 4.98 Å². The van der Waals surface area contributed by atoms with Gasteiger partial charge in [-0.1, -0.05) is 19.1 Å². The predicted molar refractivity (Wildman–Crippen MR) is 74.7 cm³/mol. The summed E-state index contributed by atoms with van der Waals surface area (Å²) in [5.74, 6) is 0.231. The van der Waals surface area contributed by atoms with Crippen molar-refractivity contribution in [3.63, 3.8) is 0 Å². The van der Waals surface area contributed by atoms with Crippen LogP contribution >= 0.6 is 0 Å². The highest BCUT2D eigenvalue weighted by molar-refractivity contribution is 7.89. The molecule has 1 aromatic heterocycles. The third kappa shape index (κ3) is 3.30. The molecule has 0 aliphatic rings. The number of aromatic nitrogens is 1. The summed E-state index contributed by atoms with van der Waals surface area (Å²) in [7, 11) is -3.79. The van der Waals surface area contributed by atoms with Gasteiger partial charge in [0, 0.05) is 11.9 Å². The average Bonchev–Trinajstić information content (AvgIpc) is 2.39. The first-order chi connectivity index (χ1) is 9.00. The summed E-state index contributed by atoms with van der Waals surface area (Å²) < 4.78 is 22.9. The van der Waals surface area contributed by atoms with Crippen LogP contribution < -0.4 is 10.5 Å². The number of pyridine rings is 1. The van der Waals surface area contributed by atoms with Crippen molar-refractivity contribution in [2.75, 3.05) is 5.32 Å². The Balaban J connectivity index is 2.33. The van der Waals surface area contributed by atoms with E-state index in [1.54, 1.807) is 0 Å². The van der Waals surface area contributed by atoms with Crippen LogP contribution in [0.3, 0.4) is 0 Å². The summed E-state index contributed by atoms with van der Waals surface area (Å²) in [4.78, 5) is 3.99. The van der Waals surface area contributed by atoms with Crippen LogP contribution in [0.15, 0.2) is 47.5 Å². The Morgan fingerprint density at radius 3 is 2.47 bits per heavy atom. The molecule has 6 heteroatoms. The number of aryl methyl sites for hydroxylation is 1. The quantitative estimate of drug-likeness (QED) is 0.895. The van der Waals surface area contributed by atoms with Crippen molar-refractivity contribution in [2.45, 2.75) is 18.2 Å². The fourth-order valence-electron chi connectivity index (χ4n) is 1.67. The van der Waals surface area contributed by atoms with Crippen LogP contribution in [0.5, 0.6) is 0 Å². The number of nitrogens with two attached hydrogens (primary N) is 1. The second-order valence-electron chi connectivity index (χ2n) is 4.07. The summed E-state index contributed by atoms with van der Waals surface area (Å²) in [5, 5.41) is 8.11. The zero-order valence-electron chi connectivity index (χ0n) is 10.5. The van der Waals surface area contributed by atoms with Gasteiger partial charge < -0.3 is 5.32 Å². The number of hydrogen-bond acceptors (Lipinski definition) is 4. The summed E-state index contributed by atoms with van der Waals surface area (Å²) in [6, 6.07) is 10.7. The summed E-state index contributed by atoms with van der Waals surface area (Å²) in [5.41, 5.74) is 1.97. The maximum Gasteiger partial charge on any atom is 0.241 e. The molecular formula is C13H15N3O2S. The molecule has 0 atom stereocenters. The molecule has 2 rings (SSSR count). The van der Waals surface area contributed by atoms with Crippen molar-refractivity contribution in [3.05, 3.63) is 48.2 Å². The van der Waals surface area contributed by atoms with Crippen LogP contribution in [0.1, 0.15) is 12.5 Å². The standard InChI is InChI=1S/C13H15N3O2S/c1-2-10-5-7-11(8-6-10)16-13-12(19(14,17)18)4-3-9-15-13/h3-9H,2H2,1H3,(H,15,16)(H2,14,17,18). The molecule has 0 saturated heterocycles. The van der Waals surface area contributed by atoms with Crippen molar-refractivity contribution < 1.29 is 8.42 Å². The Morgan fingerprint density at radius 1 is 1.21 bits per heavy atom. The number of sulfonamides is 1. The van der Waals surface area contributed by atoms with E-state index < -0.39 is 10.0 Å². The van der Waals surface area contributed by atoms with Crippen LogP contribution in [0.2, 0.25) is 0 Å². The lowest BCUT2D eigenvalue weighted by atomic mass is 10.1. The lowest BCUT2D eigenvalue weighted by Gasteiger charge is -2.09. The molecule has 0 radical (unpaired) electrons. The monoisotopic (exact) mass is 277 g/mol. The van der Waals surface area contributed by atoms with Gasteiger partial charge in [0.05, 0.1) is 0 Å². The highest BCUT2D eigenvalue weighted by atomic mass is 32.2. The molecule has 1 heterocycles. The van der Waals surface area contributed by atoms with Crippen LogP contribution in [0, 0.1) is 0 Å². The third-order valence-corrected chi connectivity index (χ3v) is 3.64. The second-order valence-corrected chi connectivity index (χ2v) is 5.60. The molecule has 0 saturated carbocycles. The fraction of sp³-hybridized carbons (Fsp3) is 0.154. The Morgan fingerprint density at radius 2 is 1.89 bits per heavy atom. The van der Waals surface area contributed by atoms with E-state index in [1.807, 2.05) is 24.3 Å². The van der Waals surface area contributed by atoms with Crippen molar-refractivity contribution >= 4 is 21.5 Å². The normalized spacial score (nSPS) is 11.3. The van der Waals surface area contributed by atoms with Gasteiger partial charge in [-0.05, 0) is 36.2 Å². The third-order valence-electron chi connectivity index (χ3n) is 2.70. The Kier molecular flexibility index (Phi) is 3.82. The molecule has 100 valence electrons. The number of nitrogens with zero attached hydrogens (tertiary/aromatic N) is 1. The van der Waals surface area contributed by atoms with Crippen molar-refractivity contribution in [3.8, 4) is 0 Å². The SMILES string of the molecule is CCc1ccc(Nc2ncccc2S(N)(=O)=O)cc1. The van der Waals surface area contributed by atoms with E-state index in [0.717, 1.165) is 12.1 Å². The van der Waals surface area contributed by atoms with Gasteiger partial charge in [0.25, 0.3) is 0 Å². The highest BCUT2D eigenvalue weighted by Crippen LogP contribution is 2.21. The van der Waals surface area contributed by atoms with E-state index in [0.29, 0.717) is 0 Å². The minimum Gasteiger partial charge on any atom is -0.339 e. The Hall–Kier alpha value is -1.92. The number of primary sulfonamides is 1. The van der Waals surface area contributed by atoms with Gasteiger partial charge in [-0.25, -0.2) is 18.5 Å². The molecule has 1 aromatic carbocycles. The zero-order valence-corrected chi connectivity index (χ0v) is 11.3. The van der Waals surface area contributed by atoms with Crippen molar-refractivity contribution in [1.29, 1.82) is 0 Å². The van der Waals surface area contributed by atoms with E-state index in [2.05, 4.69) is 17.2 Å². The minimum absolute atomic E-state index is 0.0189. The molecule has 0 aliphatic carbocycles. The summed E-state index contributed by atoms with van der Waals surface area (Å²) >= 11 is 0. The highest BCUT2D eigenvalue weighted by Gasteiger charge is 2.14. The first-order valence-electron chi connectivity index (χ1n) is 5.84. The largest absolute Gasteiger partial charge is 0.339 e. The summed E-state index contributed by atoms with van der Waals surface area (Å²) in [6.45, 7) is 2.07. The fourth-order valence-corrected chi connectivity index (χ4v) is 2.32. The number of benzene rings is 1. The number of hydrogen-bond donors (Lipinski definition) is 2. The van der Waals surface area contributed by atoms with E-state index in [4.69, 9.17) is 5.14 Å². The second kappa shape index (κ2) is 5.38. The van der Waals surface area contributed by atoms with E-state index in [-0.39, 0.29) is 10.7 Å². The lowest BCUT2D eigenvalue weighted by Crippen LogP contribution is -2.14. The molecule has 19 heavy (non-hydrogen) atoms. The lowest BCUT2D eigenvalue weighted by molar-refractivity contribution is 0.598. The molecule has 0 aliphatic heterocycles. The molecule has 0 amide bonds. The first-order valence-corrected chi connectivity index (χ1v) is 7.39. The maximum atomic E-state index is 11.4. The van der Waals surface area contributed by atoms with Crippen molar-refractivity contribution in [2.24, 2.45) is 5.14 Å². The molecular weight excluding hydrogens is 262 g/mol. The summed E-state index contributed by atoms with van der Waals surface area (Å²) in [6.07, 6.45) is 2.46. The Labute approximate surface area is 112 Å². The number of anilines is 2. The number of rotatable bonds is 4. The molecule has 2 aromatic rings. The van der Waals surface area contributed by atoms with E-state index in [9.17, 15) is 8.42 Å². The van der Waals surface area contributed by atoms with Crippen LogP contribution in [-0.2, 0) is 16.4 Å². The molecule has 5 nitrogen and oxygen atoms in total. The zero-order chi connectivity index (χ0) is 13.9. The van der Waals surface area contributed by atoms with Gasteiger partial charge in [0.1, 0.15) is 4.90 Å². The van der Waals surface area contributed by atoms with Gasteiger partial charge in [-0.2, -0.15) is 0 Å². The average molecular weight is 277 g/mol. The van der Waals surface area contributed by atoms with Crippen LogP contribution in [-0.4, -0.2) is 13.4 Å². The van der Waals surface area contributed by atoms with Gasteiger partial charge in [0.2, 0.25) is 10.0 Å². The van der Waals surface area contributed by atoms with Gasteiger partial charge in [-0.3, -0.25) is 0 Å². The van der Waals surface area contributed by atoms with E-state index >= 15 is 0 Å². The molecule has 0 spiro atoms. The molecule has 0 fully saturated rings. The van der Waals surface area contributed by atoms with Gasteiger partial charge in [-0.15, -0.1) is 0 Å². The minimum atomic E-state index is -3.79. The smallest absolute Gasteiger partial charge is 0.241 e. The van der Waals surface area contributed by atoms with Gasteiger partial charge >= 0.3 is 0 Å². The van der Waals surface area contributed by atoms with E-state index in [1.165, 1.54) is 23.9 Å². The van der Waals surface area contributed by atoms with Crippen LogP contribution in [0.4, 0.5) is 11.5 Å². The van der Waals surface area contributed by atoms with Gasteiger partial charge in [0.15, 0.2) is 5.82 Å². The van der Waals surface area contributed by atoms with Crippen LogP contribution in [0.25, 0.3) is 0 Å².